The van der Waals surface area contributed by atoms with Crippen molar-refractivity contribution in [3.8, 4) is 11.9 Å². The van der Waals surface area contributed by atoms with E-state index in [1.165, 1.54) is 7.11 Å². The average Bonchev–Trinajstić information content (AvgIpc) is 2.98. The molecule has 0 amide bonds. The van der Waals surface area contributed by atoms with E-state index in [1.54, 1.807) is 7.11 Å². The molecule has 0 saturated heterocycles. The van der Waals surface area contributed by atoms with E-state index in [4.69, 9.17) is 14.2 Å². The molecule has 0 N–H and O–H groups in total. The first-order valence-electron chi connectivity index (χ1n) is 6.96. The number of aromatic nitrogens is 2. The van der Waals surface area contributed by atoms with Gasteiger partial charge in [-0.25, -0.2) is 0 Å². The molecule has 6 nitrogen and oxygen atoms in total. The lowest BCUT2D eigenvalue weighted by Crippen LogP contribution is -2.12. The summed E-state index contributed by atoms with van der Waals surface area (Å²) in [5.74, 6) is 0.474. The molecule has 1 aromatic heterocycles. The molecular weight excluding hydrogens is 282 g/mol. The van der Waals surface area contributed by atoms with Crippen molar-refractivity contribution in [1.29, 1.82) is 0 Å². The first-order valence-corrected chi connectivity index (χ1v) is 6.96. The van der Waals surface area contributed by atoms with Gasteiger partial charge in [-0.2, -0.15) is 9.97 Å². The SMILES string of the molecule is COc1nc2c(c(OC)n1)C(COCc1ccccc1)=NC2. The Bertz CT molecular complexity index is 687. The predicted molar refractivity (Wildman–Crippen MR) is 81.5 cm³/mol. The molecule has 3 rings (SSSR count). The van der Waals surface area contributed by atoms with E-state index in [0.29, 0.717) is 25.6 Å². The zero-order valence-corrected chi connectivity index (χ0v) is 12.6. The lowest BCUT2D eigenvalue weighted by molar-refractivity contribution is 0.158. The number of nitrogens with zero attached hydrogens (tertiary/aromatic N) is 3. The summed E-state index contributed by atoms with van der Waals surface area (Å²) in [5, 5.41) is 0. The molecule has 0 unspecified atom stereocenters. The maximum atomic E-state index is 5.74. The Hall–Kier alpha value is -2.47. The number of aliphatic imine (C=N–C) groups is 1. The molecule has 0 fully saturated rings. The highest BCUT2D eigenvalue weighted by Crippen LogP contribution is 2.27. The van der Waals surface area contributed by atoms with Crippen LogP contribution in [-0.4, -0.2) is 36.5 Å². The summed E-state index contributed by atoms with van der Waals surface area (Å²) in [4.78, 5) is 13.0. The van der Waals surface area contributed by atoms with E-state index in [0.717, 1.165) is 22.5 Å². The maximum Gasteiger partial charge on any atom is 0.319 e. The number of fused-ring (bicyclic) bond motifs is 1. The summed E-state index contributed by atoms with van der Waals surface area (Å²) < 4.78 is 16.1. The van der Waals surface area contributed by atoms with Crippen LogP contribution in [0.3, 0.4) is 0 Å². The van der Waals surface area contributed by atoms with Gasteiger partial charge in [-0.1, -0.05) is 30.3 Å². The lowest BCUT2D eigenvalue weighted by atomic mass is 10.1. The van der Waals surface area contributed by atoms with Crippen LogP contribution >= 0.6 is 0 Å². The van der Waals surface area contributed by atoms with Crippen LogP contribution in [0.25, 0.3) is 0 Å². The summed E-state index contributed by atoms with van der Waals surface area (Å²) in [5.41, 5.74) is 3.56. The van der Waals surface area contributed by atoms with Crippen LogP contribution in [0.2, 0.25) is 0 Å². The number of hydrogen-bond acceptors (Lipinski definition) is 6. The molecule has 1 aromatic carbocycles. The number of rotatable bonds is 6. The van der Waals surface area contributed by atoms with E-state index < -0.39 is 0 Å². The zero-order chi connectivity index (χ0) is 15.4. The van der Waals surface area contributed by atoms with Gasteiger partial charge in [0, 0.05) is 0 Å². The Morgan fingerprint density at radius 3 is 2.55 bits per heavy atom. The van der Waals surface area contributed by atoms with Crippen LogP contribution < -0.4 is 9.47 Å². The molecule has 2 aromatic rings. The van der Waals surface area contributed by atoms with Gasteiger partial charge in [0.2, 0.25) is 5.88 Å². The third-order valence-corrected chi connectivity index (χ3v) is 3.36. The zero-order valence-electron chi connectivity index (χ0n) is 12.6. The normalized spacial score (nSPS) is 12.7. The highest BCUT2D eigenvalue weighted by molar-refractivity contribution is 6.06. The summed E-state index contributed by atoms with van der Waals surface area (Å²) in [6.45, 7) is 1.43. The van der Waals surface area contributed by atoms with Crippen molar-refractivity contribution in [2.24, 2.45) is 4.99 Å². The van der Waals surface area contributed by atoms with Crippen molar-refractivity contribution < 1.29 is 14.2 Å². The van der Waals surface area contributed by atoms with Crippen LogP contribution in [0.5, 0.6) is 11.9 Å². The van der Waals surface area contributed by atoms with Crippen LogP contribution in [0.4, 0.5) is 0 Å². The number of methoxy groups -OCH3 is 2. The minimum Gasteiger partial charge on any atom is -0.480 e. The Balaban J connectivity index is 1.71. The van der Waals surface area contributed by atoms with E-state index in [1.807, 2.05) is 30.3 Å². The van der Waals surface area contributed by atoms with Crippen LogP contribution in [0.1, 0.15) is 16.8 Å². The molecule has 0 atom stereocenters. The topological polar surface area (TPSA) is 65.8 Å². The minimum atomic E-state index is 0.289. The van der Waals surface area contributed by atoms with Gasteiger partial charge in [0.15, 0.2) is 0 Å². The van der Waals surface area contributed by atoms with E-state index in [-0.39, 0.29) is 6.01 Å². The Morgan fingerprint density at radius 1 is 1.00 bits per heavy atom. The van der Waals surface area contributed by atoms with Gasteiger partial charge < -0.3 is 14.2 Å². The monoisotopic (exact) mass is 299 g/mol. The first kappa shape index (κ1) is 14.5. The van der Waals surface area contributed by atoms with E-state index >= 15 is 0 Å². The summed E-state index contributed by atoms with van der Waals surface area (Å²) in [6.07, 6.45) is 0. The molecule has 1 aliphatic heterocycles. The van der Waals surface area contributed by atoms with Gasteiger partial charge >= 0.3 is 6.01 Å². The van der Waals surface area contributed by atoms with Crippen molar-refractivity contribution in [1.82, 2.24) is 9.97 Å². The van der Waals surface area contributed by atoms with Crippen LogP contribution in [0.15, 0.2) is 35.3 Å². The van der Waals surface area contributed by atoms with Crippen LogP contribution in [-0.2, 0) is 17.9 Å². The smallest absolute Gasteiger partial charge is 0.319 e. The highest BCUT2D eigenvalue weighted by Gasteiger charge is 2.24. The molecule has 0 bridgehead atoms. The number of ether oxygens (including phenoxy) is 3. The highest BCUT2D eigenvalue weighted by atomic mass is 16.5. The van der Waals surface area contributed by atoms with Gasteiger partial charge in [0.25, 0.3) is 0 Å². The Morgan fingerprint density at radius 2 is 1.82 bits per heavy atom. The quantitative estimate of drug-likeness (QED) is 0.816. The van der Waals surface area contributed by atoms with Crippen molar-refractivity contribution in [3.05, 3.63) is 47.2 Å². The minimum absolute atomic E-state index is 0.289. The molecule has 22 heavy (non-hydrogen) atoms. The molecule has 2 heterocycles. The third kappa shape index (κ3) is 2.92. The Kier molecular flexibility index (Phi) is 4.29. The predicted octanol–water partition coefficient (Wildman–Crippen LogP) is 2.01. The molecule has 1 aliphatic rings. The molecule has 0 aliphatic carbocycles. The largest absolute Gasteiger partial charge is 0.480 e. The van der Waals surface area contributed by atoms with Gasteiger partial charge in [0.1, 0.15) is 0 Å². The maximum absolute atomic E-state index is 5.74. The Labute approximate surface area is 128 Å². The van der Waals surface area contributed by atoms with Gasteiger partial charge in [-0.3, -0.25) is 4.99 Å². The van der Waals surface area contributed by atoms with E-state index in [9.17, 15) is 0 Å². The molecule has 6 heteroatoms. The fourth-order valence-corrected chi connectivity index (χ4v) is 2.31. The van der Waals surface area contributed by atoms with Crippen molar-refractivity contribution >= 4 is 5.71 Å². The number of benzene rings is 1. The standard InChI is InChI=1S/C16H17N3O3/c1-20-15-14-12(18-16(19-15)21-2)8-17-13(14)10-22-9-11-6-4-3-5-7-11/h3-7H,8-10H2,1-2H3. The molecular formula is C16H17N3O3. The molecule has 114 valence electrons. The first-order chi connectivity index (χ1) is 10.8. The summed E-state index contributed by atoms with van der Waals surface area (Å²) >= 11 is 0. The summed E-state index contributed by atoms with van der Waals surface area (Å²) in [6, 6.07) is 10.3. The average molecular weight is 299 g/mol. The van der Waals surface area contributed by atoms with Crippen molar-refractivity contribution in [2.75, 3.05) is 20.8 Å². The fraction of sp³-hybridized carbons (Fsp3) is 0.312. The van der Waals surface area contributed by atoms with Crippen LogP contribution in [0, 0.1) is 0 Å². The van der Waals surface area contributed by atoms with Gasteiger partial charge in [-0.05, 0) is 5.56 Å². The third-order valence-electron chi connectivity index (χ3n) is 3.36. The van der Waals surface area contributed by atoms with E-state index in [2.05, 4.69) is 15.0 Å². The van der Waals surface area contributed by atoms with Crippen molar-refractivity contribution in [2.45, 2.75) is 13.2 Å². The fourth-order valence-electron chi connectivity index (χ4n) is 2.31. The van der Waals surface area contributed by atoms with Gasteiger partial charge in [-0.15, -0.1) is 0 Å². The second-order valence-electron chi connectivity index (χ2n) is 4.78. The van der Waals surface area contributed by atoms with Crippen molar-refractivity contribution in [3.63, 3.8) is 0 Å². The number of hydrogen-bond donors (Lipinski definition) is 0. The molecule has 0 spiro atoms. The lowest BCUT2D eigenvalue weighted by Gasteiger charge is -2.10. The second kappa shape index (κ2) is 6.53. The second-order valence-corrected chi connectivity index (χ2v) is 4.78. The molecule has 0 saturated carbocycles. The van der Waals surface area contributed by atoms with Gasteiger partial charge in [0.05, 0.1) is 50.9 Å². The molecule has 0 radical (unpaired) electrons. The summed E-state index contributed by atoms with van der Waals surface area (Å²) in [7, 11) is 3.10.